The average molecular weight is 319 g/mol. The Balaban J connectivity index is 1.43. The second-order valence-electron chi connectivity index (χ2n) is 7.21. The molecule has 0 aromatic carbocycles. The van der Waals surface area contributed by atoms with Crippen LogP contribution in [-0.4, -0.2) is 65.3 Å². The third-order valence-corrected chi connectivity index (χ3v) is 5.66. The summed E-state index contributed by atoms with van der Waals surface area (Å²) < 4.78 is 10.8. The van der Waals surface area contributed by atoms with Crippen LogP contribution in [0.2, 0.25) is 0 Å². The minimum absolute atomic E-state index is 0.00453. The highest BCUT2D eigenvalue weighted by atomic mass is 16.5. The molecule has 1 aromatic rings. The lowest BCUT2D eigenvalue weighted by Gasteiger charge is -2.57. The number of nitrogens with zero attached hydrogens (tertiary/aromatic N) is 3. The van der Waals surface area contributed by atoms with Gasteiger partial charge in [0, 0.05) is 44.4 Å². The Kier molecular flexibility index (Phi) is 3.89. The van der Waals surface area contributed by atoms with Crippen LogP contribution in [-0.2, 0) is 4.74 Å². The van der Waals surface area contributed by atoms with Crippen molar-refractivity contribution in [2.45, 2.75) is 50.7 Å². The summed E-state index contributed by atoms with van der Waals surface area (Å²) >= 11 is 0. The Hall–Kier alpha value is -1.40. The maximum absolute atomic E-state index is 12.7. The number of carbonyl (C=O) groups is 1. The Morgan fingerprint density at radius 3 is 2.96 bits per heavy atom. The topological polar surface area (TPSA) is 58.8 Å². The highest BCUT2D eigenvalue weighted by molar-refractivity contribution is 5.92. The molecule has 3 aliphatic rings. The molecule has 0 unspecified atom stereocenters. The van der Waals surface area contributed by atoms with Crippen LogP contribution >= 0.6 is 0 Å². The summed E-state index contributed by atoms with van der Waals surface area (Å²) in [5.41, 5.74) is 0.600. The predicted molar refractivity (Wildman–Crippen MR) is 84.3 cm³/mol. The third kappa shape index (κ3) is 2.78. The first-order valence-electron chi connectivity index (χ1n) is 8.76. The van der Waals surface area contributed by atoms with Crippen molar-refractivity contribution in [3.63, 3.8) is 0 Å². The van der Waals surface area contributed by atoms with Crippen LogP contribution in [0.15, 0.2) is 10.6 Å². The summed E-state index contributed by atoms with van der Waals surface area (Å²) in [4.78, 5) is 17.2. The largest absolute Gasteiger partial charge is 0.377 e. The van der Waals surface area contributed by atoms with Crippen molar-refractivity contribution < 1.29 is 14.1 Å². The zero-order valence-corrected chi connectivity index (χ0v) is 13.8. The quantitative estimate of drug-likeness (QED) is 0.851. The summed E-state index contributed by atoms with van der Waals surface area (Å²) in [6.07, 6.45) is 6.17. The SMILES string of the molecule is Cc1cc(C(=O)N2CCC[C@@]3(CCN3C[C@H]3CCCO3)C2)no1. The van der Waals surface area contributed by atoms with E-state index in [1.807, 2.05) is 11.8 Å². The molecule has 23 heavy (non-hydrogen) atoms. The normalized spacial score (nSPS) is 31.5. The van der Waals surface area contributed by atoms with Gasteiger partial charge in [-0.15, -0.1) is 0 Å². The van der Waals surface area contributed by atoms with E-state index in [0.717, 1.165) is 39.2 Å². The summed E-state index contributed by atoms with van der Waals surface area (Å²) in [7, 11) is 0. The number of aryl methyl sites for hydroxylation is 1. The smallest absolute Gasteiger partial charge is 0.276 e. The van der Waals surface area contributed by atoms with Gasteiger partial charge in [-0.3, -0.25) is 9.69 Å². The van der Waals surface area contributed by atoms with Gasteiger partial charge in [0.25, 0.3) is 5.91 Å². The molecule has 3 aliphatic heterocycles. The minimum Gasteiger partial charge on any atom is -0.377 e. The van der Waals surface area contributed by atoms with Crippen LogP contribution < -0.4 is 0 Å². The van der Waals surface area contributed by atoms with Gasteiger partial charge < -0.3 is 14.2 Å². The van der Waals surface area contributed by atoms with E-state index in [4.69, 9.17) is 9.26 Å². The van der Waals surface area contributed by atoms with E-state index in [1.54, 1.807) is 6.07 Å². The molecule has 3 saturated heterocycles. The number of ether oxygens (including phenoxy) is 1. The van der Waals surface area contributed by atoms with Crippen molar-refractivity contribution in [3.05, 3.63) is 17.5 Å². The van der Waals surface area contributed by atoms with Crippen molar-refractivity contribution in [3.8, 4) is 0 Å². The van der Waals surface area contributed by atoms with Gasteiger partial charge in [-0.2, -0.15) is 0 Å². The van der Waals surface area contributed by atoms with Gasteiger partial charge in [-0.25, -0.2) is 0 Å². The molecule has 6 heteroatoms. The number of amides is 1. The minimum atomic E-state index is 0.00453. The molecule has 0 saturated carbocycles. The fourth-order valence-electron chi connectivity index (χ4n) is 4.28. The molecule has 126 valence electrons. The van der Waals surface area contributed by atoms with Gasteiger partial charge in [0.15, 0.2) is 5.69 Å². The maximum atomic E-state index is 12.7. The second-order valence-corrected chi connectivity index (χ2v) is 7.21. The van der Waals surface area contributed by atoms with E-state index < -0.39 is 0 Å². The molecule has 0 N–H and O–H groups in total. The molecule has 6 nitrogen and oxygen atoms in total. The van der Waals surface area contributed by atoms with Crippen LogP contribution in [0.3, 0.4) is 0 Å². The van der Waals surface area contributed by atoms with E-state index in [2.05, 4.69) is 10.1 Å². The van der Waals surface area contributed by atoms with Crippen LogP contribution in [0.5, 0.6) is 0 Å². The average Bonchev–Trinajstić information content (AvgIpc) is 3.22. The Bertz CT molecular complexity index is 581. The molecule has 1 spiro atoms. The van der Waals surface area contributed by atoms with Crippen molar-refractivity contribution >= 4 is 5.91 Å². The summed E-state index contributed by atoms with van der Waals surface area (Å²) in [5, 5.41) is 3.88. The van der Waals surface area contributed by atoms with Crippen LogP contribution in [0.1, 0.15) is 48.4 Å². The second kappa shape index (κ2) is 5.91. The fourth-order valence-corrected chi connectivity index (χ4v) is 4.28. The molecule has 4 rings (SSSR count). The Labute approximate surface area is 136 Å². The first-order valence-corrected chi connectivity index (χ1v) is 8.76. The molecule has 1 amide bonds. The van der Waals surface area contributed by atoms with E-state index in [9.17, 15) is 4.79 Å². The molecule has 4 heterocycles. The van der Waals surface area contributed by atoms with Crippen molar-refractivity contribution in [2.75, 3.05) is 32.8 Å². The number of carbonyl (C=O) groups excluding carboxylic acids is 1. The van der Waals surface area contributed by atoms with Gasteiger partial charge in [-0.05, 0) is 39.0 Å². The number of hydrogen-bond donors (Lipinski definition) is 0. The molecule has 0 bridgehead atoms. The van der Waals surface area contributed by atoms with Crippen LogP contribution in [0.4, 0.5) is 0 Å². The molecule has 0 radical (unpaired) electrons. The van der Waals surface area contributed by atoms with E-state index in [0.29, 0.717) is 17.6 Å². The first kappa shape index (κ1) is 15.1. The Morgan fingerprint density at radius 1 is 1.39 bits per heavy atom. The third-order valence-electron chi connectivity index (χ3n) is 5.66. The standard InChI is InChI=1S/C17H25N3O3/c1-13-10-15(18-23-13)16(21)19-7-3-5-17(12-19)6-8-20(17)11-14-4-2-9-22-14/h10,14H,2-9,11-12H2,1H3/t14-,17-/m1/s1. The van der Waals surface area contributed by atoms with Gasteiger partial charge >= 0.3 is 0 Å². The van der Waals surface area contributed by atoms with E-state index in [-0.39, 0.29) is 11.4 Å². The van der Waals surface area contributed by atoms with Gasteiger partial charge in [0.05, 0.1) is 6.10 Å². The summed E-state index contributed by atoms with van der Waals surface area (Å²) in [5.74, 6) is 0.689. The lowest BCUT2D eigenvalue weighted by molar-refractivity contribution is -0.0807. The molecular weight excluding hydrogens is 294 g/mol. The number of hydrogen-bond acceptors (Lipinski definition) is 5. The van der Waals surface area contributed by atoms with Crippen molar-refractivity contribution in [2.24, 2.45) is 0 Å². The number of piperidine rings is 1. The highest BCUT2D eigenvalue weighted by Crippen LogP contribution is 2.39. The van der Waals surface area contributed by atoms with Crippen LogP contribution in [0, 0.1) is 6.92 Å². The molecule has 3 fully saturated rings. The monoisotopic (exact) mass is 319 g/mol. The van der Waals surface area contributed by atoms with Crippen molar-refractivity contribution in [1.29, 1.82) is 0 Å². The van der Waals surface area contributed by atoms with Gasteiger partial charge in [0.2, 0.25) is 0 Å². The van der Waals surface area contributed by atoms with E-state index >= 15 is 0 Å². The van der Waals surface area contributed by atoms with Gasteiger partial charge in [0.1, 0.15) is 5.76 Å². The molecule has 2 atom stereocenters. The van der Waals surface area contributed by atoms with Crippen molar-refractivity contribution in [1.82, 2.24) is 15.0 Å². The summed E-state index contributed by atoms with van der Waals surface area (Å²) in [6, 6.07) is 1.73. The maximum Gasteiger partial charge on any atom is 0.276 e. The summed E-state index contributed by atoms with van der Waals surface area (Å²) in [6.45, 7) is 6.50. The lowest BCUT2D eigenvalue weighted by atomic mass is 9.77. The van der Waals surface area contributed by atoms with Gasteiger partial charge in [-0.1, -0.05) is 5.16 Å². The number of likely N-dealkylation sites (tertiary alicyclic amines) is 2. The first-order chi connectivity index (χ1) is 11.2. The number of rotatable bonds is 3. The lowest BCUT2D eigenvalue weighted by Crippen LogP contribution is -2.68. The molecular formula is C17H25N3O3. The Morgan fingerprint density at radius 2 is 2.30 bits per heavy atom. The highest BCUT2D eigenvalue weighted by Gasteiger charge is 2.48. The molecule has 1 aromatic heterocycles. The van der Waals surface area contributed by atoms with Crippen LogP contribution in [0.25, 0.3) is 0 Å². The number of aromatic nitrogens is 1. The zero-order chi connectivity index (χ0) is 15.9. The van der Waals surface area contributed by atoms with E-state index in [1.165, 1.54) is 25.7 Å². The predicted octanol–water partition coefficient (Wildman–Crippen LogP) is 1.84. The fraction of sp³-hybridized carbons (Fsp3) is 0.765. The zero-order valence-electron chi connectivity index (χ0n) is 13.8. The molecule has 0 aliphatic carbocycles.